The predicted octanol–water partition coefficient (Wildman–Crippen LogP) is 5.11. The van der Waals surface area contributed by atoms with Crippen molar-refractivity contribution in [3.8, 4) is 5.75 Å². The van der Waals surface area contributed by atoms with Crippen molar-refractivity contribution in [2.24, 2.45) is 0 Å². The smallest absolute Gasteiger partial charge is 0.224 e. The Hall–Kier alpha value is -2.79. The summed E-state index contributed by atoms with van der Waals surface area (Å²) in [5.41, 5.74) is 4.17. The van der Waals surface area contributed by atoms with Crippen molar-refractivity contribution in [1.29, 1.82) is 0 Å². The average Bonchev–Trinajstić information content (AvgIpc) is 2.64. The molecule has 2 aromatic carbocycles. The Morgan fingerprint density at radius 1 is 1.08 bits per heavy atom. The first-order valence-corrected chi connectivity index (χ1v) is 8.66. The Labute approximate surface area is 158 Å². The lowest BCUT2D eigenvalue weighted by atomic mass is 10.1. The van der Waals surface area contributed by atoms with Gasteiger partial charge in [0.2, 0.25) is 5.95 Å². The monoisotopic (exact) mass is 368 g/mol. The molecule has 0 bridgehead atoms. The molecule has 5 nitrogen and oxygen atoms in total. The number of rotatable bonds is 6. The Kier molecular flexibility index (Phi) is 5.58. The van der Waals surface area contributed by atoms with E-state index in [0.29, 0.717) is 23.3 Å². The molecule has 3 aromatic rings. The molecular weight excluding hydrogens is 348 g/mol. The van der Waals surface area contributed by atoms with Gasteiger partial charge in [-0.25, -0.2) is 4.98 Å². The van der Waals surface area contributed by atoms with Crippen molar-refractivity contribution >= 4 is 29.1 Å². The molecule has 0 aliphatic rings. The van der Waals surface area contributed by atoms with Gasteiger partial charge in [0.15, 0.2) is 0 Å². The number of anilines is 3. The maximum atomic E-state index is 6.36. The van der Waals surface area contributed by atoms with Crippen LogP contribution < -0.4 is 15.4 Å². The molecule has 0 saturated carbocycles. The average molecular weight is 369 g/mol. The molecule has 0 radical (unpaired) electrons. The normalized spacial score (nSPS) is 10.5. The zero-order chi connectivity index (χ0) is 18.5. The Balaban J connectivity index is 1.70. The van der Waals surface area contributed by atoms with E-state index < -0.39 is 0 Å². The zero-order valence-electron chi connectivity index (χ0n) is 15.0. The highest BCUT2D eigenvalue weighted by Gasteiger charge is 2.07. The van der Waals surface area contributed by atoms with Crippen LogP contribution in [-0.2, 0) is 6.54 Å². The number of halogens is 1. The van der Waals surface area contributed by atoms with Gasteiger partial charge >= 0.3 is 0 Å². The van der Waals surface area contributed by atoms with Gasteiger partial charge in [-0.2, -0.15) is 4.98 Å². The fraction of sp³-hybridized carbons (Fsp3) is 0.200. The largest absolute Gasteiger partial charge is 0.497 e. The molecule has 0 spiro atoms. The molecule has 1 heterocycles. The second-order valence-electron chi connectivity index (χ2n) is 6.03. The van der Waals surface area contributed by atoms with E-state index in [4.69, 9.17) is 16.3 Å². The third-order valence-electron chi connectivity index (χ3n) is 3.95. The van der Waals surface area contributed by atoms with Crippen LogP contribution in [0.15, 0.2) is 48.7 Å². The van der Waals surface area contributed by atoms with E-state index in [1.165, 1.54) is 0 Å². The summed E-state index contributed by atoms with van der Waals surface area (Å²) in [6.45, 7) is 4.66. The van der Waals surface area contributed by atoms with Crippen molar-refractivity contribution in [2.75, 3.05) is 17.7 Å². The molecule has 0 unspecified atom stereocenters. The summed E-state index contributed by atoms with van der Waals surface area (Å²) in [5.74, 6) is 2.07. The summed E-state index contributed by atoms with van der Waals surface area (Å²) in [6, 6.07) is 13.7. The van der Waals surface area contributed by atoms with Gasteiger partial charge in [-0.05, 0) is 54.8 Å². The van der Waals surface area contributed by atoms with Crippen molar-refractivity contribution < 1.29 is 4.74 Å². The topological polar surface area (TPSA) is 59.1 Å². The lowest BCUT2D eigenvalue weighted by Crippen LogP contribution is -2.05. The minimum Gasteiger partial charge on any atom is -0.497 e. The quantitative estimate of drug-likeness (QED) is 0.633. The van der Waals surface area contributed by atoms with E-state index in [0.717, 1.165) is 28.1 Å². The highest BCUT2D eigenvalue weighted by atomic mass is 35.5. The molecule has 0 saturated heterocycles. The number of nitrogens with one attached hydrogen (secondary N) is 2. The first kappa shape index (κ1) is 18.0. The first-order valence-electron chi connectivity index (χ1n) is 8.29. The Morgan fingerprint density at radius 3 is 2.54 bits per heavy atom. The van der Waals surface area contributed by atoms with Crippen LogP contribution in [0, 0.1) is 13.8 Å². The van der Waals surface area contributed by atoms with Gasteiger partial charge in [0.25, 0.3) is 0 Å². The van der Waals surface area contributed by atoms with Crippen molar-refractivity contribution in [2.45, 2.75) is 20.4 Å². The Morgan fingerprint density at radius 2 is 1.85 bits per heavy atom. The highest BCUT2D eigenvalue weighted by Crippen LogP contribution is 2.29. The predicted molar refractivity (Wildman–Crippen MR) is 107 cm³/mol. The number of ether oxygens (including phenoxy) is 1. The molecule has 134 valence electrons. The molecular formula is C20H21ClN4O. The second-order valence-corrected chi connectivity index (χ2v) is 6.44. The van der Waals surface area contributed by atoms with Crippen LogP contribution in [0.4, 0.5) is 17.5 Å². The number of hydrogen-bond acceptors (Lipinski definition) is 5. The van der Waals surface area contributed by atoms with Crippen molar-refractivity contribution in [1.82, 2.24) is 9.97 Å². The SMILES string of the molecule is COc1ccc(CNc2nccc(Nc3c(C)cc(C)cc3Cl)n2)cc1. The number of hydrogen-bond donors (Lipinski definition) is 2. The summed E-state index contributed by atoms with van der Waals surface area (Å²) in [4.78, 5) is 8.77. The summed E-state index contributed by atoms with van der Waals surface area (Å²) < 4.78 is 5.17. The number of benzene rings is 2. The number of aryl methyl sites for hydroxylation is 2. The molecule has 0 aliphatic carbocycles. The maximum absolute atomic E-state index is 6.36. The molecule has 0 fully saturated rings. The van der Waals surface area contributed by atoms with E-state index in [-0.39, 0.29) is 0 Å². The minimum absolute atomic E-state index is 0.548. The number of methoxy groups -OCH3 is 1. The molecule has 26 heavy (non-hydrogen) atoms. The first-order chi connectivity index (χ1) is 12.5. The standard InChI is InChI=1S/C20H21ClN4O/c1-13-10-14(2)19(17(21)11-13)24-18-8-9-22-20(25-18)23-12-15-4-6-16(26-3)7-5-15/h4-11H,12H2,1-3H3,(H2,22,23,24,25). The summed E-state index contributed by atoms with van der Waals surface area (Å²) >= 11 is 6.36. The van der Waals surface area contributed by atoms with E-state index >= 15 is 0 Å². The van der Waals surface area contributed by atoms with Crippen LogP contribution in [0.3, 0.4) is 0 Å². The Bertz CT molecular complexity index is 874. The molecule has 2 N–H and O–H groups in total. The van der Waals surface area contributed by atoms with Gasteiger partial charge in [-0.3, -0.25) is 0 Å². The van der Waals surface area contributed by atoms with Crippen LogP contribution >= 0.6 is 11.6 Å². The third kappa shape index (κ3) is 4.43. The minimum atomic E-state index is 0.548. The summed E-state index contributed by atoms with van der Waals surface area (Å²) in [6.07, 6.45) is 1.71. The molecule has 6 heteroatoms. The van der Waals surface area contributed by atoms with Crippen LogP contribution in [0.2, 0.25) is 5.02 Å². The summed E-state index contributed by atoms with van der Waals surface area (Å²) in [5, 5.41) is 7.18. The molecule has 0 amide bonds. The lowest BCUT2D eigenvalue weighted by Gasteiger charge is -2.13. The van der Waals surface area contributed by atoms with E-state index in [1.54, 1.807) is 13.3 Å². The summed E-state index contributed by atoms with van der Waals surface area (Å²) in [7, 11) is 1.65. The highest BCUT2D eigenvalue weighted by molar-refractivity contribution is 6.33. The van der Waals surface area contributed by atoms with Gasteiger partial charge in [-0.1, -0.05) is 29.8 Å². The van der Waals surface area contributed by atoms with Crippen LogP contribution in [-0.4, -0.2) is 17.1 Å². The van der Waals surface area contributed by atoms with E-state index in [2.05, 4.69) is 26.7 Å². The van der Waals surface area contributed by atoms with Gasteiger partial charge in [0.1, 0.15) is 11.6 Å². The number of nitrogens with zero attached hydrogens (tertiary/aromatic N) is 2. The third-order valence-corrected chi connectivity index (χ3v) is 4.25. The van der Waals surface area contributed by atoms with Gasteiger partial charge in [0.05, 0.1) is 17.8 Å². The van der Waals surface area contributed by atoms with Gasteiger partial charge in [-0.15, -0.1) is 0 Å². The van der Waals surface area contributed by atoms with Gasteiger partial charge < -0.3 is 15.4 Å². The van der Waals surface area contributed by atoms with Crippen molar-refractivity contribution in [3.05, 3.63) is 70.4 Å². The number of aromatic nitrogens is 2. The van der Waals surface area contributed by atoms with Crippen LogP contribution in [0.5, 0.6) is 5.75 Å². The molecule has 0 aliphatic heterocycles. The second kappa shape index (κ2) is 8.06. The van der Waals surface area contributed by atoms with Crippen LogP contribution in [0.25, 0.3) is 0 Å². The lowest BCUT2D eigenvalue weighted by molar-refractivity contribution is 0.414. The van der Waals surface area contributed by atoms with Crippen LogP contribution in [0.1, 0.15) is 16.7 Å². The molecule has 3 rings (SSSR count). The van der Waals surface area contributed by atoms with E-state index in [9.17, 15) is 0 Å². The maximum Gasteiger partial charge on any atom is 0.224 e. The fourth-order valence-corrected chi connectivity index (χ4v) is 3.01. The fourth-order valence-electron chi connectivity index (χ4n) is 2.64. The van der Waals surface area contributed by atoms with Crippen molar-refractivity contribution in [3.63, 3.8) is 0 Å². The molecule has 1 aromatic heterocycles. The van der Waals surface area contributed by atoms with Gasteiger partial charge in [0, 0.05) is 12.7 Å². The molecule has 0 atom stereocenters. The van der Waals surface area contributed by atoms with E-state index in [1.807, 2.05) is 50.2 Å². The zero-order valence-corrected chi connectivity index (χ0v) is 15.8.